The van der Waals surface area contributed by atoms with Crippen LogP contribution in [0.5, 0.6) is 0 Å². The monoisotopic (exact) mass is 330 g/mol. The van der Waals surface area contributed by atoms with Crippen LogP contribution in [0.25, 0.3) is 0 Å². The summed E-state index contributed by atoms with van der Waals surface area (Å²) in [5, 5.41) is 0. The van der Waals surface area contributed by atoms with E-state index < -0.39 is 0 Å². The maximum atomic E-state index is 13.0. The molecule has 0 saturated heterocycles. The zero-order chi connectivity index (χ0) is 17.1. The van der Waals surface area contributed by atoms with E-state index in [0.717, 1.165) is 29.9 Å². The van der Waals surface area contributed by atoms with Gasteiger partial charge in [-0.3, -0.25) is 9.69 Å². The smallest absolute Gasteiger partial charge is 0.236 e. The molecule has 24 heavy (non-hydrogen) atoms. The molecule has 0 aliphatic heterocycles. The summed E-state index contributed by atoms with van der Waals surface area (Å²) in [4.78, 5) is 16.4. The molecule has 0 N–H and O–H groups in total. The molecule has 1 fully saturated rings. The number of amides is 1. The second-order valence-corrected chi connectivity index (χ2v) is 6.52. The van der Waals surface area contributed by atoms with E-state index in [1.54, 1.807) is 24.1 Å². The highest BCUT2D eigenvalue weighted by Gasteiger charge is 2.31. The number of carbonyl (C=O) groups excluding carboxylic acids is 1. The number of rotatable bonds is 7. The molecule has 0 spiro atoms. The molecule has 3 rings (SSSR count). The Kier molecular flexibility index (Phi) is 5.00. The zero-order valence-electron chi connectivity index (χ0n) is 14.2. The summed E-state index contributed by atoms with van der Waals surface area (Å²) in [6.45, 7) is 3.41. The fraction of sp³-hybridized carbons (Fsp3) is 0.421. The fourth-order valence-electron chi connectivity index (χ4n) is 2.76. The summed E-state index contributed by atoms with van der Waals surface area (Å²) < 4.78 is 18.6. The summed E-state index contributed by atoms with van der Waals surface area (Å²) in [7, 11) is 1.79. The molecule has 1 aliphatic carbocycles. The minimum absolute atomic E-state index is 0.0677. The van der Waals surface area contributed by atoms with Gasteiger partial charge in [0, 0.05) is 19.6 Å². The first-order valence-electron chi connectivity index (χ1n) is 8.29. The number of nitrogens with zero attached hydrogens (tertiary/aromatic N) is 2. The highest BCUT2D eigenvalue weighted by Crippen LogP contribution is 2.28. The van der Waals surface area contributed by atoms with Crippen molar-refractivity contribution >= 4 is 5.91 Å². The Bertz CT molecular complexity index is 692. The lowest BCUT2D eigenvalue weighted by molar-refractivity contribution is -0.132. The van der Waals surface area contributed by atoms with Gasteiger partial charge in [-0.2, -0.15) is 0 Å². The van der Waals surface area contributed by atoms with Gasteiger partial charge in [0.25, 0.3) is 0 Å². The van der Waals surface area contributed by atoms with E-state index in [4.69, 9.17) is 4.42 Å². The summed E-state index contributed by atoms with van der Waals surface area (Å²) in [6.07, 6.45) is 2.24. The quantitative estimate of drug-likeness (QED) is 0.781. The van der Waals surface area contributed by atoms with Crippen LogP contribution in [0.4, 0.5) is 4.39 Å². The summed E-state index contributed by atoms with van der Waals surface area (Å²) >= 11 is 0. The van der Waals surface area contributed by atoms with Crippen LogP contribution in [0.2, 0.25) is 0 Å². The van der Waals surface area contributed by atoms with E-state index in [1.807, 2.05) is 19.1 Å². The molecule has 1 aromatic carbocycles. The van der Waals surface area contributed by atoms with Crippen molar-refractivity contribution in [2.45, 2.75) is 38.9 Å². The van der Waals surface area contributed by atoms with Gasteiger partial charge in [0.1, 0.15) is 17.3 Å². The molecule has 4 nitrogen and oxygen atoms in total. The molecular weight excluding hydrogens is 307 g/mol. The van der Waals surface area contributed by atoms with Gasteiger partial charge in [-0.05, 0) is 49.6 Å². The minimum Gasteiger partial charge on any atom is -0.464 e. The number of hydrogen-bond donors (Lipinski definition) is 0. The lowest BCUT2D eigenvalue weighted by Gasteiger charge is -2.24. The van der Waals surface area contributed by atoms with Gasteiger partial charge in [0.05, 0.1) is 13.1 Å². The van der Waals surface area contributed by atoms with Crippen molar-refractivity contribution in [2.75, 3.05) is 13.6 Å². The van der Waals surface area contributed by atoms with Crippen LogP contribution in [0, 0.1) is 12.7 Å². The molecule has 128 valence electrons. The molecule has 1 amide bonds. The SMILES string of the molecule is Cc1ccc(CN(C)C(=O)CN(Cc2ccc(F)cc2)C2CC2)o1. The van der Waals surface area contributed by atoms with Crippen LogP contribution in [0.3, 0.4) is 0 Å². The van der Waals surface area contributed by atoms with Crippen molar-refractivity contribution in [3.8, 4) is 0 Å². The standard InChI is InChI=1S/C19H23FN2O2/c1-14-3-10-18(24-14)12-21(2)19(23)13-22(17-8-9-17)11-15-4-6-16(20)7-5-15/h3-7,10,17H,8-9,11-13H2,1-2H3. The van der Waals surface area contributed by atoms with Crippen molar-refractivity contribution in [3.63, 3.8) is 0 Å². The first kappa shape index (κ1) is 16.7. The summed E-state index contributed by atoms with van der Waals surface area (Å²) in [6, 6.07) is 10.8. The number of benzene rings is 1. The van der Waals surface area contributed by atoms with Crippen LogP contribution in [-0.4, -0.2) is 35.3 Å². The van der Waals surface area contributed by atoms with Crippen LogP contribution in [0.1, 0.15) is 29.9 Å². The van der Waals surface area contributed by atoms with Gasteiger partial charge in [0.2, 0.25) is 5.91 Å². The van der Waals surface area contributed by atoms with Gasteiger partial charge < -0.3 is 9.32 Å². The van der Waals surface area contributed by atoms with Crippen molar-refractivity contribution in [1.29, 1.82) is 0 Å². The van der Waals surface area contributed by atoms with Gasteiger partial charge in [0.15, 0.2) is 0 Å². The second kappa shape index (κ2) is 7.18. The molecule has 1 heterocycles. The Hall–Kier alpha value is -2.14. The third-order valence-corrected chi connectivity index (χ3v) is 4.32. The molecule has 0 bridgehead atoms. The lowest BCUT2D eigenvalue weighted by Crippen LogP contribution is -2.38. The Balaban J connectivity index is 1.58. The highest BCUT2D eigenvalue weighted by molar-refractivity contribution is 5.78. The number of likely N-dealkylation sites (N-methyl/N-ethyl adjacent to an activating group) is 1. The largest absolute Gasteiger partial charge is 0.464 e. The third-order valence-electron chi connectivity index (χ3n) is 4.32. The summed E-state index contributed by atoms with van der Waals surface area (Å²) in [5.41, 5.74) is 1.03. The number of furan rings is 1. The lowest BCUT2D eigenvalue weighted by atomic mass is 10.2. The molecule has 0 unspecified atom stereocenters. The Morgan fingerprint density at radius 1 is 1.17 bits per heavy atom. The minimum atomic E-state index is -0.235. The maximum absolute atomic E-state index is 13.0. The number of hydrogen-bond acceptors (Lipinski definition) is 3. The predicted octanol–water partition coefficient (Wildman–Crippen LogP) is 3.35. The predicted molar refractivity (Wildman–Crippen MR) is 89.8 cm³/mol. The van der Waals surface area contributed by atoms with Gasteiger partial charge in [-0.15, -0.1) is 0 Å². The van der Waals surface area contributed by atoms with E-state index >= 15 is 0 Å². The molecule has 2 aromatic rings. The van der Waals surface area contributed by atoms with Crippen LogP contribution >= 0.6 is 0 Å². The van der Waals surface area contributed by atoms with E-state index in [2.05, 4.69) is 4.90 Å². The molecule has 1 aliphatic rings. The van der Waals surface area contributed by atoms with Gasteiger partial charge in [-0.25, -0.2) is 4.39 Å². The van der Waals surface area contributed by atoms with Crippen molar-refractivity contribution in [3.05, 3.63) is 59.3 Å². The molecule has 0 atom stereocenters. The van der Waals surface area contributed by atoms with Crippen molar-refractivity contribution < 1.29 is 13.6 Å². The van der Waals surface area contributed by atoms with Crippen LogP contribution in [0.15, 0.2) is 40.8 Å². The van der Waals surface area contributed by atoms with Crippen molar-refractivity contribution in [2.24, 2.45) is 0 Å². The number of aryl methyl sites for hydroxylation is 1. The Morgan fingerprint density at radius 2 is 1.88 bits per heavy atom. The van der Waals surface area contributed by atoms with E-state index in [9.17, 15) is 9.18 Å². The Labute approximate surface area is 141 Å². The normalized spacial score (nSPS) is 14.2. The third kappa shape index (κ3) is 4.45. The molecule has 0 radical (unpaired) electrons. The zero-order valence-corrected chi connectivity index (χ0v) is 14.2. The molecular formula is C19H23FN2O2. The van der Waals surface area contributed by atoms with Gasteiger partial charge >= 0.3 is 0 Å². The van der Waals surface area contributed by atoms with Gasteiger partial charge in [-0.1, -0.05) is 12.1 Å². The fourth-order valence-corrected chi connectivity index (χ4v) is 2.76. The average Bonchev–Trinajstić information content (AvgIpc) is 3.32. The molecule has 5 heteroatoms. The first-order chi connectivity index (χ1) is 11.5. The van der Waals surface area contributed by atoms with E-state index in [1.165, 1.54) is 12.1 Å². The van der Waals surface area contributed by atoms with E-state index in [0.29, 0.717) is 25.7 Å². The van der Waals surface area contributed by atoms with Crippen LogP contribution in [-0.2, 0) is 17.9 Å². The highest BCUT2D eigenvalue weighted by atomic mass is 19.1. The van der Waals surface area contributed by atoms with Crippen LogP contribution < -0.4 is 0 Å². The summed E-state index contributed by atoms with van der Waals surface area (Å²) in [5.74, 6) is 1.47. The Morgan fingerprint density at radius 3 is 2.46 bits per heavy atom. The van der Waals surface area contributed by atoms with E-state index in [-0.39, 0.29) is 11.7 Å². The average molecular weight is 330 g/mol. The number of halogens is 1. The maximum Gasteiger partial charge on any atom is 0.236 e. The topological polar surface area (TPSA) is 36.7 Å². The first-order valence-corrected chi connectivity index (χ1v) is 8.29. The molecule has 1 saturated carbocycles. The second-order valence-electron chi connectivity index (χ2n) is 6.52. The number of carbonyl (C=O) groups is 1. The molecule has 1 aromatic heterocycles. The van der Waals surface area contributed by atoms with Crippen molar-refractivity contribution in [1.82, 2.24) is 9.80 Å².